The number of benzene rings is 1. The van der Waals surface area contributed by atoms with E-state index in [1.54, 1.807) is 18.4 Å². The highest BCUT2D eigenvalue weighted by atomic mass is 16.5. The van der Waals surface area contributed by atoms with Crippen LogP contribution in [-0.4, -0.2) is 5.97 Å². The molecule has 2 rings (SSSR count). The summed E-state index contributed by atoms with van der Waals surface area (Å²) in [5.74, 6) is 0.862. The van der Waals surface area contributed by atoms with Gasteiger partial charge in [-0.1, -0.05) is 12.1 Å². The zero-order valence-electron chi connectivity index (χ0n) is 8.27. The first kappa shape index (κ1) is 9.52. The summed E-state index contributed by atoms with van der Waals surface area (Å²) < 4.78 is 10.3. The highest BCUT2D eigenvalue weighted by molar-refractivity contribution is 5.74. The van der Waals surface area contributed by atoms with E-state index in [0.29, 0.717) is 11.5 Å². The van der Waals surface area contributed by atoms with Gasteiger partial charge in [0.15, 0.2) is 0 Å². The monoisotopic (exact) mass is 202 g/mol. The maximum absolute atomic E-state index is 10.9. The van der Waals surface area contributed by atoms with Crippen molar-refractivity contribution >= 4 is 5.97 Å². The first-order valence-corrected chi connectivity index (χ1v) is 4.58. The number of carbonyl (C=O) groups is 1. The predicted octanol–water partition coefficient (Wildman–Crippen LogP) is 2.87. The van der Waals surface area contributed by atoms with E-state index in [1.165, 1.54) is 6.92 Å². The molecule has 0 atom stereocenters. The van der Waals surface area contributed by atoms with Crippen molar-refractivity contribution in [1.29, 1.82) is 0 Å². The molecule has 0 radical (unpaired) electrons. The molecule has 0 aliphatic heterocycles. The lowest BCUT2D eigenvalue weighted by molar-refractivity contribution is -0.131. The molecule has 1 aromatic carbocycles. The zero-order valence-corrected chi connectivity index (χ0v) is 8.27. The molecule has 76 valence electrons. The van der Waals surface area contributed by atoms with E-state index >= 15 is 0 Å². The van der Waals surface area contributed by atoms with Gasteiger partial charge in [-0.2, -0.15) is 0 Å². The third-order valence-electron chi connectivity index (χ3n) is 1.93. The molecular weight excluding hydrogens is 192 g/mol. The van der Waals surface area contributed by atoms with Crippen LogP contribution in [0.5, 0.6) is 5.75 Å². The van der Waals surface area contributed by atoms with Crippen molar-refractivity contribution in [3.05, 3.63) is 42.7 Å². The molecule has 1 aromatic heterocycles. The van der Waals surface area contributed by atoms with Crippen LogP contribution in [0.3, 0.4) is 0 Å². The Hall–Kier alpha value is -2.03. The minimum absolute atomic E-state index is 0.339. The molecule has 0 saturated heterocycles. The van der Waals surface area contributed by atoms with Crippen LogP contribution >= 0.6 is 0 Å². The standard InChI is InChI=1S/C12H10O3/c1-9(13)15-12-6-3-2-5-10(12)11-7-4-8-14-11/h2-8H,1H3. The average molecular weight is 202 g/mol. The summed E-state index contributed by atoms with van der Waals surface area (Å²) >= 11 is 0. The largest absolute Gasteiger partial charge is 0.464 e. The number of esters is 1. The number of rotatable bonds is 2. The van der Waals surface area contributed by atoms with Gasteiger partial charge in [0.2, 0.25) is 0 Å². The van der Waals surface area contributed by atoms with Gasteiger partial charge in [0.25, 0.3) is 0 Å². The van der Waals surface area contributed by atoms with Crippen LogP contribution in [0.4, 0.5) is 0 Å². The fourth-order valence-corrected chi connectivity index (χ4v) is 1.35. The topological polar surface area (TPSA) is 39.4 Å². The second-order valence-corrected chi connectivity index (χ2v) is 3.07. The average Bonchev–Trinajstić information content (AvgIpc) is 2.70. The van der Waals surface area contributed by atoms with Crippen molar-refractivity contribution < 1.29 is 13.9 Å². The fraction of sp³-hybridized carbons (Fsp3) is 0.0833. The molecule has 0 unspecified atom stereocenters. The van der Waals surface area contributed by atoms with E-state index in [1.807, 2.05) is 24.3 Å². The lowest BCUT2D eigenvalue weighted by Crippen LogP contribution is -2.02. The fourth-order valence-electron chi connectivity index (χ4n) is 1.35. The molecule has 0 fully saturated rings. The lowest BCUT2D eigenvalue weighted by Gasteiger charge is -2.05. The van der Waals surface area contributed by atoms with Crippen molar-refractivity contribution in [2.75, 3.05) is 0 Å². The molecule has 0 amide bonds. The normalized spacial score (nSPS) is 9.93. The Balaban J connectivity index is 2.42. The lowest BCUT2D eigenvalue weighted by atomic mass is 10.1. The molecule has 15 heavy (non-hydrogen) atoms. The van der Waals surface area contributed by atoms with Gasteiger partial charge >= 0.3 is 5.97 Å². The summed E-state index contributed by atoms with van der Waals surface area (Å²) in [6, 6.07) is 10.9. The van der Waals surface area contributed by atoms with Crippen molar-refractivity contribution in [2.45, 2.75) is 6.92 Å². The minimum Gasteiger partial charge on any atom is -0.464 e. The molecule has 0 aliphatic carbocycles. The maximum atomic E-state index is 10.9. The van der Waals surface area contributed by atoms with Gasteiger partial charge in [0.05, 0.1) is 11.8 Å². The summed E-state index contributed by atoms with van der Waals surface area (Å²) in [5, 5.41) is 0. The van der Waals surface area contributed by atoms with Gasteiger partial charge < -0.3 is 9.15 Å². The van der Waals surface area contributed by atoms with E-state index < -0.39 is 0 Å². The molecule has 0 saturated carbocycles. The molecular formula is C12H10O3. The van der Waals surface area contributed by atoms with Crippen LogP contribution < -0.4 is 4.74 Å². The number of carbonyl (C=O) groups excluding carboxylic acids is 1. The van der Waals surface area contributed by atoms with Crippen LogP contribution in [0.15, 0.2) is 47.1 Å². The Morgan fingerprint density at radius 1 is 1.20 bits per heavy atom. The molecule has 0 bridgehead atoms. The molecule has 3 heteroatoms. The van der Waals surface area contributed by atoms with Crippen LogP contribution in [0, 0.1) is 0 Å². The van der Waals surface area contributed by atoms with Crippen molar-refractivity contribution in [3.8, 4) is 17.1 Å². The summed E-state index contributed by atoms with van der Waals surface area (Å²) in [6.07, 6.45) is 1.58. The first-order valence-electron chi connectivity index (χ1n) is 4.58. The van der Waals surface area contributed by atoms with Gasteiger partial charge in [0, 0.05) is 6.92 Å². The Morgan fingerprint density at radius 2 is 2.00 bits per heavy atom. The molecule has 0 spiro atoms. The van der Waals surface area contributed by atoms with Crippen LogP contribution in [0.1, 0.15) is 6.92 Å². The number of furan rings is 1. The Bertz CT molecular complexity index is 457. The second kappa shape index (κ2) is 4.00. The third-order valence-corrected chi connectivity index (χ3v) is 1.93. The molecule has 0 aliphatic rings. The SMILES string of the molecule is CC(=O)Oc1ccccc1-c1ccco1. The number of hydrogen-bond acceptors (Lipinski definition) is 3. The van der Waals surface area contributed by atoms with Crippen molar-refractivity contribution in [1.82, 2.24) is 0 Å². The van der Waals surface area contributed by atoms with Crippen LogP contribution in [0.25, 0.3) is 11.3 Å². The predicted molar refractivity (Wildman–Crippen MR) is 55.5 cm³/mol. The number of para-hydroxylation sites is 1. The smallest absolute Gasteiger partial charge is 0.308 e. The maximum Gasteiger partial charge on any atom is 0.308 e. The van der Waals surface area contributed by atoms with Gasteiger partial charge in [-0.15, -0.1) is 0 Å². The van der Waals surface area contributed by atoms with Gasteiger partial charge in [-0.3, -0.25) is 4.79 Å². The summed E-state index contributed by atoms with van der Waals surface area (Å²) in [7, 11) is 0. The summed E-state index contributed by atoms with van der Waals surface area (Å²) in [6.45, 7) is 1.37. The second-order valence-electron chi connectivity index (χ2n) is 3.07. The highest BCUT2D eigenvalue weighted by Gasteiger charge is 2.09. The van der Waals surface area contributed by atoms with Gasteiger partial charge in [-0.05, 0) is 24.3 Å². The minimum atomic E-state index is -0.339. The zero-order chi connectivity index (χ0) is 10.7. The van der Waals surface area contributed by atoms with E-state index in [2.05, 4.69) is 0 Å². The Morgan fingerprint density at radius 3 is 2.67 bits per heavy atom. The molecule has 2 aromatic rings. The first-order chi connectivity index (χ1) is 7.27. The number of ether oxygens (including phenoxy) is 1. The highest BCUT2D eigenvalue weighted by Crippen LogP contribution is 2.29. The van der Waals surface area contributed by atoms with E-state index in [4.69, 9.17) is 9.15 Å². The van der Waals surface area contributed by atoms with Crippen LogP contribution in [-0.2, 0) is 4.79 Å². The molecule has 3 nitrogen and oxygen atoms in total. The summed E-state index contributed by atoms with van der Waals surface area (Å²) in [5.41, 5.74) is 0.776. The van der Waals surface area contributed by atoms with Gasteiger partial charge in [0.1, 0.15) is 11.5 Å². The Labute approximate surface area is 87.3 Å². The quantitative estimate of drug-likeness (QED) is 0.555. The molecule has 0 N–H and O–H groups in total. The third kappa shape index (κ3) is 2.07. The van der Waals surface area contributed by atoms with Crippen molar-refractivity contribution in [3.63, 3.8) is 0 Å². The van der Waals surface area contributed by atoms with Crippen LogP contribution in [0.2, 0.25) is 0 Å². The van der Waals surface area contributed by atoms with E-state index in [-0.39, 0.29) is 5.97 Å². The molecule has 1 heterocycles. The number of hydrogen-bond donors (Lipinski definition) is 0. The Kier molecular flexibility index (Phi) is 2.54. The van der Waals surface area contributed by atoms with Crippen molar-refractivity contribution in [2.24, 2.45) is 0 Å². The van der Waals surface area contributed by atoms with E-state index in [0.717, 1.165) is 5.56 Å². The van der Waals surface area contributed by atoms with E-state index in [9.17, 15) is 4.79 Å². The summed E-state index contributed by atoms with van der Waals surface area (Å²) in [4.78, 5) is 10.9. The van der Waals surface area contributed by atoms with Gasteiger partial charge in [-0.25, -0.2) is 0 Å².